The lowest BCUT2D eigenvalue weighted by Crippen LogP contribution is -2.41. The molecule has 2 aliphatic carbocycles. The zero-order chi connectivity index (χ0) is 8.02. The molecule has 3 rings (SSSR count). The number of hydrogen-bond acceptors (Lipinski definition) is 2. The van der Waals surface area contributed by atoms with Gasteiger partial charge in [0.05, 0.1) is 13.2 Å². The fraction of sp³-hybridized carbons (Fsp3) is 0.800. The predicted molar refractivity (Wildman–Crippen MR) is 44.6 cm³/mol. The zero-order valence-electron chi connectivity index (χ0n) is 7.16. The van der Waals surface area contributed by atoms with Crippen LogP contribution in [0.15, 0.2) is 12.2 Å². The second kappa shape index (κ2) is 2.33. The molecule has 2 atom stereocenters. The average Bonchev–Trinajstić information content (AvgIpc) is 2.59. The topological polar surface area (TPSA) is 18.5 Å². The lowest BCUT2D eigenvalue weighted by atomic mass is 9.88. The van der Waals surface area contributed by atoms with Crippen LogP contribution in [-0.4, -0.2) is 19.0 Å². The summed E-state index contributed by atoms with van der Waals surface area (Å²) in [6, 6.07) is 0. The van der Waals surface area contributed by atoms with Gasteiger partial charge in [0.1, 0.15) is 0 Å². The van der Waals surface area contributed by atoms with E-state index in [9.17, 15) is 0 Å². The maximum absolute atomic E-state index is 5.79. The van der Waals surface area contributed by atoms with Crippen molar-refractivity contribution >= 4 is 0 Å². The molecule has 0 aromatic rings. The maximum Gasteiger partial charge on any atom is 0.177 e. The SMILES string of the molecule is C1=C[C@@H]2CC[C@H](C1)C21OCCO1. The average molecular weight is 166 g/mol. The van der Waals surface area contributed by atoms with Crippen LogP contribution in [0, 0.1) is 11.8 Å². The molecule has 0 amide bonds. The van der Waals surface area contributed by atoms with Gasteiger partial charge < -0.3 is 9.47 Å². The Bertz CT molecular complexity index is 216. The predicted octanol–water partition coefficient (Wildman–Crippen LogP) is 1.72. The smallest absolute Gasteiger partial charge is 0.177 e. The van der Waals surface area contributed by atoms with Crippen LogP contribution in [0.25, 0.3) is 0 Å². The van der Waals surface area contributed by atoms with Gasteiger partial charge in [0.2, 0.25) is 0 Å². The Balaban J connectivity index is 1.99. The molecule has 1 spiro atoms. The van der Waals surface area contributed by atoms with Crippen molar-refractivity contribution in [1.29, 1.82) is 0 Å². The molecule has 1 saturated heterocycles. The molecule has 1 aliphatic heterocycles. The molecular weight excluding hydrogens is 152 g/mol. The van der Waals surface area contributed by atoms with Crippen LogP contribution in [0.2, 0.25) is 0 Å². The monoisotopic (exact) mass is 166 g/mol. The molecule has 3 aliphatic rings. The molecular formula is C10H14O2. The van der Waals surface area contributed by atoms with E-state index in [-0.39, 0.29) is 5.79 Å². The Hall–Kier alpha value is -0.340. The van der Waals surface area contributed by atoms with E-state index in [1.807, 2.05) is 0 Å². The van der Waals surface area contributed by atoms with Crippen molar-refractivity contribution in [3.05, 3.63) is 12.2 Å². The van der Waals surface area contributed by atoms with E-state index in [0.717, 1.165) is 19.6 Å². The number of allylic oxidation sites excluding steroid dienone is 1. The molecule has 12 heavy (non-hydrogen) atoms. The van der Waals surface area contributed by atoms with Gasteiger partial charge in [-0.1, -0.05) is 12.2 Å². The van der Waals surface area contributed by atoms with Crippen LogP contribution in [-0.2, 0) is 9.47 Å². The lowest BCUT2D eigenvalue weighted by Gasteiger charge is -2.35. The molecule has 0 N–H and O–H groups in total. The molecule has 0 radical (unpaired) electrons. The Morgan fingerprint density at radius 2 is 2.00 bits per heavy atom. The van der Waals surface area contributed by atoms with Crippen LogP contribution in [0.1, 0.15) is 19.3 Å². The van der Waals surface area contributed by atoms with E-state index < -0.39 is 0 Å². The van der Waals surface area contributed by atoms with Crippen LogP contribution in [0.3, 0.4) is 0 Å². The minimum Gasteiger partial charge on any atom is -0.347 e. The van der Waals surface area contributed by atoms with E-state index in [2.05, 4.69) is 12.2 Å². The fourth-order valence-corrected chi connectivity index (χ4v) is 2.90. The first-order valence-electron chi connectivity index (χ1n) is 4.86. The number of hydrogen-bond donors (Lipinski definition) is 0. The Morgan fingerprint density at radius 1 is 1.17 bits per heavy atom. The summed E-state index contributed by atoms with van der Waals surface area (Å²) < 4.78 is 11.6. The molecule has 2 fully saturated rings. The standard InChI is InChI=1S/C10H14O2/c1-2-8-4-5-9(3-1)10(8)11-6-7-12-10/h1-2,8-9H,3-7H2/t8-,9+/m1/s1. The van der Waals surface area contributed by atoms with Crippen molar-refractivity contribution in [2.24, 2.45) is 11.8 Å². The van der Waals surface area contributed by atoms with Gasteiger partial charge in [-0.25, -0.2) is 0 Å². The second-order valence-electron chi connectivity index (χ2n) is 3.96. The van der Waals surface area contributed by atoms with Gasteiger partial charge in [0.25, 0.3) is 0 Å². The first-order chi connectivity index (χ1) is 5.92. The lowest BCUT2D eigenvalue weighted by molar-refractivity contribution is -0.202. The molecule has 0 aromatic carbocycles. The van der Waals surface area contributed by atoms with Crippen molar-refractivity contribution in [1.82, 2.24) is 0 Å². The third-order valence-electron chi connectivity index (χ3n) is 3.44. The normalized spacial score (nSPS) is 42.7. The Labute approximate surface area is 72.5 Å². The highest BCUT2D eigenvalue weighted by Gasteiger charge is 2.54. The summed E-state index contributed by atoms with van der Waals surface area (Å²) in [7, 11) is 0. The summed E-state index contributed by atoms with van der Waals surface area (Å²) in [6.45, 7) is 1.58. The zero-order valence-corrected chi connectivity index (χ0v) is 7.16. The maximum atomic E-state index is 5.79. The molecule has 1 heterocycles. The van der Waals surface area contributed by atoms with Gasteiger partial charge in [-0.3, -0.25) is 0 Å². The molecule has 2 bridgehead atoms. The van der Waals surface area contributed by atoms with E-state index in [1.54, 1.807) is 0 Å². The summed E-state index contributed by atoms with van der Waals surface area (Å²) in [4.78, 5) is 0. The third kappa shape index (κ3) is 0.723. The summed E-state index contributed by atoms with van der Waals surface area (Å²) in [5.41, 5.74) is 0. The number of rotatable bonds is 0. The van der Waals surface area contributed by atoms with E-state index in [4.69, 9.17) is 9.47 Å². The minimum atomic E-state index is -0.186. The van der Waals surface area contributed by atoms with E-state index in [1.165, 1.54) is 12.8 Å². The fourth-order valence-electron chi connectivity index (χ4n) is 2.90. The molecule has 1 saturated carbocycles. The number of ether oxygens (including phenoxy) is 2. The Kier molecular flexibility index (Phi) is 1.38. The first-order valence-corrected chi connectivity index (χ1v) is 4.86. The summed E-state index contributed by atoms with van der Waals surface area (Å²) in [5, 5.41) is 0. The Morgan fingerprint density at radius 3 is 2.75 bits per heavy atom. The van der Waals surface area contributed by atoms with Crippen LogP contribution < -0.4 is 0 Å². The molecule has 2 nitrogen and oxygen atoms in total. The van der Waals surface area contributed by atoms with E-state index >= 15 is 0 Å². The highest BCUT2D eigenvalue weighted by Crippen LogP contribution is 2.51. The first kappa shape index (κ1) is 7.10. The van der Waals surface area contributed by atoms with Crippen molar-refractivity contribution in [2.75, 3.05) is 13.2 Å². The van der Waals surface area contributed by atoms with Crippen molar-refractivity contribution in [2.45, 2.75) is 25.0 Å². The highest BCUT2D eigenvalue weighted by atomic mass is 16.7. The van der Waals surface area contributed by atoms with Crippen molar-refractivity contribution in [3.63, 3.8) is 0 Å². The van der Waals surface area contributed by atoms with Crippen molar-refractivity contribution in [3.8, 4) is 0 Å². The summed E-state index contributed by atoms with van der Waals surface area (Å²) >= 11 is 0. The molecule has 0 aromatic heterocycles. The quantitative estimate of drug-likeness (QED) is 0.510. The van der Waals surface area contributed by atoms with Gasteiger partial charge in [0, 0.05) is 11.8 Å². The summed E-state index contributed by atoms with van der Waals surface area (Å²) in [6.07, 6.45) is 8.25. The largest absolute Gasteiger partial charge is 0.347 e. The third-order valence-corrected chi connectivity index (χ3v) is 3.44. The molecule has 2 heteroatoms. The molecule has 66 valence electrons. The van der Waals surface area contributed by atoms with Crippen molar-refractivity contribution < 1.29 is 9.47 Å². The minimum absolute atomic E-state index is 0.186. The van der Waals surface area contributed by atoms with E-state index in [0.29, 0.717) is 11.8 Å². The van der Waals surface area contributed by atoms with Crippen LogP contribution in [0.5, 0.6) is 0 Å². The van der Waals surface area contributed by atoms with Gasteiger partial charge in [-0.05, 0) is 19.3 Å². The highest BCUT2D eigenvalue weighted by molar-refractivity contribution is 5.11. The van der Waals surface area contributed by atoms with Gasteiger partial charge in [-0.2, -0.15) is 0 Å². The van der Waals surface area contributed by atoms with Gasteiger partial charge in [-0.15, -0.1) is 0 Å². The second-order valence-corrected chi connectivity index (χ2v) is 3.96. The molecule has 0 unspecified atom stereocenters. The van der Waals surface area contributed by atoms with Gasteiger partial charge >= 0.3 is 0 Å². The summed E-state index contributed by atoms with van der Waals surface area (Å²) in [5.74, 6) is 0.989. The van der Waals surface area contributed by atoms with Crippen LogP contribution in [0.4, 0.5) is 0 Å². The van der Waals surface area contributed by atoms with Gasteiger partial charge in [0.15, 0.2) is 5.79 Å². The van der Waals surface area contributed by atoms with Crippen LogP contribution >= 0.6 is 0 Å².